The van der Waals surface area contributed by atoms with Gasteiger partial charge < -0.3 is 15.6 Å². The number of carboxylic acid groups (broad SMARTS) is 1. The summed E-state index contributed by atoms with van der Waals surface area (Å²) >= 11 is 6.00. The number of nitrogens with two attached hydrogens (primary N) is 1. The van der Waals surface area contributed by atoms with E-state index in [0.717, 1.165) is 5.56 Å². The number of carbonyl (C=O) groups is 1. The number of morpholine rings is 1. The second kappa shape index (κ2) is 5.89. The Balaban J connectivity index is 2.24. The summed E-state index contributed by atoms with van der Waals surface area (Å²) in [5.74, 6) is 0.198. The lowest BCUT2D eigenvalue weighted by Gasteiger charge is -2.40. The Bertz CT molecular complexity index is 507. The second-order valence-electron chi connectivity index (χ2n) is 5.31. The van der Waals surface area contributed by atoms with Crippen molar-refractivity contribution in [2.75, 3.05) is 18.9 Å². The zero-order valence-electron chi connectivity index (χ0n) is 11.5. The van der Waals surface area contributed by atoms with E-state index in [-0.39, 0.29) is 24.6 Å². The molecule has 5 nitrogen and oxygen atoms in total. The summed E-state index contributed by atoms with van der Waals surface area (Å²) in [7, 11) is 0. The number of hydrogen-bond donors (Lipinski definition) is 2. The molecule has 0 aliphatic carbocycles. The number of ether oxygens (including phenoxy) is 1. The van der Waals surface area contributed by atoms with Crippen molar-refractivity contribution < 1.29 is 14.6 Å². The second-order valence-corrected chi connectivity index (χ2v) is 5.72. The van der Waals surface area contributed by atoms with Crippen molar-refractivity contribution in [3.8, 4) is 0 Å². The van der Waals surface area contributed by atoms with Crippen LogP contribution in [0.1, 0.15) is 25.5 Å². The monoisotopic (exact) mass is 298 g/mol. The first-order valence-corrected chi connectivity index (χ1v) is 6.94. The van der Waals surface area contributed by atoms with E-state index < -0.39 is 6.09 Å². The van der Waals surface area contributed by atoms with Crippen LogP contribution in [0, 0.1) is 5.92 Å². The average molecular weight is 299 g/mol. The van der Waals surface area contributed by atoms with Gasteiger partial charge in [-0.05, 0) is 12.0 Å². The van der Waals surface area contributed by atoms with Gasteiger partial charge in [-0.3, -0.25) is 4.90 Å². The number of halogens is 1. The number of anilines is 1. The molecule has 0 radical (unpaired) electrons. The number of para-hydroxylation sites is 1. The molecule has 1 saturated heterocycles. The third kappa shape index (κ3) is 2.83. The molecule has 1 heterocycles. The van der Waals surface area contributed by atoms with Gasteiger partial charge in [0, 0.05) is 5.56 Å². The normalized spacial score (nSPS) is 23.1. The number of hydrogen-bond acceptors (Lipinski definition) is 3. The molecule has 2 rings (SSSR count). The van der Waals surface area contributed by atoms with Crippen molar-refractivity contribution in [2.45, 2.75) is 26.0 Å². The maximum atomic E-state index is 11.4. The van der Waals surface area contributed by atoms with Gasteiger partial charge in [0.2, 0.25) is 0 Å². The largest absolute Gasteiger partial charge is 0.465 e. The van der Waals surface area contributed by atoms with Crippen molar-refractivity contribution in [1.82, 2.24) is 4.90 Å². The van der Waals surface area contributed by atoms with Gasteiger partial charge >= 0.3 is 6.09 Å². The minimum atomic E-state index is -0.933. The molecule has 1 aliphatic heterocycles. The Morgan fingerprint density at radius 1 is 1.55 bits per heavy atom. The van der Waals surface area contributed by atoms with Crippen LogP contribution in [-0.4, -0.2) is 35.3 Å². The third-order valence-corrected chi connectivity index (χ3v) is 4.01. The Labute approximate surface area is 123 Å². The highest BCUT2D eigenvalue weighted by Gasteiger charge is 2.35. The van der Waals surface area contributed by atoms with E-state index in [0.29, 0.717) is 17.3 Å². The van der Waals surface area contributed by atoms with Crippen molar-refractivity contribution in [1.29, 1.82) is 0 Å². The molecule has 3 N–H and O–H groups in total. The number of amides is 1. The molecule has 2 atom stereocenters. The maximum Gasteiger partial charge on any atom is 0.407 e. The summed E-state index contributed by atoms with van der Waals surface area (Å²) in [5.41, 5.74) is 7.14. The number of benzene rings is 1. The molecular formula is C14H19ClN2O3. The summed E-state index contributed by atoms with van der Waals surface area (Å²) < 4.78 is 5.81. The van der Waals surface area contributed by atoms with E-state index in [2.05, 4.69) is 0 Å². The van der Waals surface area contributed by atoms with Gasteiger partial charge in [0.25, 0.3) is 0 Å². The van der Waals surface area contributed by atoms with Gasteiger partial charge in [-0.25, -0.2) is 4.79 Å². The molecular weight excluding hydrogens is 280 g/mol. The highest BCUT2D eigenvalue weighted by Crippen LogP contribution is 2.33. The van der Waals surface area contributed by atoms with Gasteiger partial charge in [0.05, 0.1) is 29.9 Å². The van der Waals surface area contributed by atoms with E-state index in [4.69, 9.17) is 22.1 Å². The fraction of sp³-hybridized carbons (Fsp3) is 0.500. The van der Waals surface area contributed by atoms with Crippen LogP contribution in [0.4, 0.5) is 10.5 Å². The summed E-state index contributed by atoms with van der Waals surface area (Å²) in [6, 6.07) is 5.18. The first kappa shape index (κ1) is 14.9. The summed E-state index contributed by atoms with van der Waals surface area (Å²) in [5, 5.41) is 9.82. The lowest BCUT2D eigenvalue weighted by atomic mass is 9.98. The smallest absolute Gasteiger partial charge is 0.407 e. The maximum absolute atomic E-state index is 11.4. The number of nitrogen functional groups attached to an aromatic ring is 1. The number of nitrogens with zero attached hydrogens (tertiary/aromatic N) is 1. The Morgan fingerprint density at radius 3 is 2.85 bits per heavy atom. The Morgan fingerprint density at radius 2 is 2.25 bits per heavy atom. The first-order valence-electron chi connectivity index (χ1n) is 6.57. The molecule has 0 unspecified atom stereocenters. The molecule has 110 valence electrons. The molecule has 0 spiro atoms. The van der Waals surface area contributed by atoms with Crippen LogP contribution < -0.4 is 5.73 Å². The molecule has 1 amide bonds. The van der Waals surface area contributed by atoms with Gasteiger partial charge in [0.15, 0.2) is 0 Å². The van der Waals surface area contributed by atoms with Crippen LogP contribution in [-0.2, 0) is 4.74 Å². The van der Waals surface area contributed by atoms with E-state index in [1.165, 1.54) is 4.90 Å². The van der Waals surface area contributed by atoms with Crippen LogP contribution in [0.2, 0.25) is 5.02 Å². The minimum absolute atomic E-state index is 0.135. The van der Waals surface area contributed by atoms with Gasteiger partial charge in [-0.2, -0.15) is 0 Å². The van der Waals surface area contributed by atoms with Crippen LogP contribution in [0.15, 0.2) is 18.2 Å². The van der Waals surface area contributed by atoms with Crippen LogP contribution in [0.5, 0.6) is 0 Å². The van der Waals surface area contributed by atoms with Crippen LogP contribution in [0.25, 0.3) is 0 Å². The number of rotatable bonds is 2. The molecule has 1 aromatic carbocycles. The lowest BCUT2D eigenvalue weighted by molar-refractivity contribution is -0.0668. The van der Waals surface area contributed by atoms with Crippen LogP contribution >= 0.6 is 11.6 Å². The van der Waals surface area contributed by atoms with Gasteiger partial charge in [-0.15, -0.1) is 0 Å². The molecule has 1 aliphatic rings. The molecule has 0 aromatic heterocycles. The predicted octanol–water partition coefficient (Wildman–Crippen LogP) is 3.00. The van der Waals surface area contributed by atoms with Crippen molar-refractivity contribution in [2.24, 2.45) is 5.92 Å². The quantitative estimate of drug-likeness (QED) is 0.823. The average Bonchev–Trinajstić information content (AvgIpc) is 2.41. The van der Waals surface area contributed by atoms with Crippen molar-refractivity contribution in [3.63, 3.8) is 0 Å². The molecule has 0 bridgehead atoms. The van der Waals surface area contributed by atoms with E-state index in [9.17, 15) is 9.90 Å². The summed E-state index contributed by atoms with van der Waals surface area (Å²) in [6.45, 7) is 4.60. The van der Waals surface area contributed by atoms with Crippen molar-refractivity contribution >= 4 is 23.4 Å². The fourth-order valence-electron chi connectivity index (χ4n) is 2.47. The third-order valence-electron chi connectivity index (χ3n) is 3.68. The van der Waals surface area contributed by atoms with E-state index in [1.807, 2.05) is 19.9 Å². The predicted molar refractivity (Wildman–Crippen MR) is 77.9 cm³/mol. The first-order chi connectivity index (χ1) is 9.41. The van der Waals surface area contributed by atoms with Gasteiger partial charge in [0.1, 0.15) is 6.10 Å². The lowest BCUT2D eigenvalue weighted by Crippen LogP contribution is -2.51. The molecule has 0 saturated carbocycles. The van der Waals surface area contributed by atoms with Crippen LogP contribution in [0.3, 0.4) is 0 Å². The molecule has 20 heavy (non-hydrogen) atoms. The van der Waals surface area contributed by atoms with E-state index >= 15 is 0 Å². The Hall–Kier alpha value is -1.46. The molecule has 1 fully saturated rings. The highest BCUT2D eigenvalue weighted by molar-refractivity contribution is 6.33. The Kier molecular flexibility index (Phi) is 4.40. The topological polar surface area (TPSA) is 75.8 Å². The highest BCUT2D eigenvalue weighted by atomic mass is 35.5. The summed E-state index contributed by atoms with van der Waals surface area (Å²) in [4.78, 5) is 12.8. The van der Waals surface area contributed by atoms with E-state index in [1.54, 1.807) is 12.1 Å². The molecule has 1 aromatic rings. The standard InChI is InChI=1S/C14H19ClN2O3/c1-8(2)11-7-20-12(6-17(11)14(18)19)9-4-3-5-10(15)13(9)16/h3-5,8,11-12H,6-7,16H2,1-2H3,(H,18,19)/t11-,12-/m0/s1. The summed E-state index contributed by atoms with van der Waals surface area (Å²) in [6.07, 6.45) is -1.31. The fourth-order valence-corrected chi connectivity index (χ4v) is 2.65. The minimum Gasteiger partial charge on any atom is -0.465 e. The SMILES string of the molecule is CC(C)[C@@H]1CO[C@H](c2cccc(Cl)c2N)CN1C(=O)O. The zero-order chi connectivity index (χ0) is 14.9. The van der Waals surface area contributed by atoms with Gasteiger partial charge in [-0.1, -0.05) is 37.6 Å². The van der Waals surface area contributed by atoms with Crippen molar-refractivity contribution in [3.05, 3.63) is 28.8 Å². The zero-order valence-corrected chi connectivity index (χ0v) is 12.3. The molecule has 6 heteroatoms.